The van der Waals surface area contributed by atoms with Crippen molar-refractivity contribution in [1.82, 2.24) is 0 Å². The Balaban J connectivity index is 1.29. The van der Waals surface area contributed by atoms with E-state index in [2.05, 4.69) is 13.8 Å². The van der Waals surface area contributed by atoms with Crippen molar-refractivity contribution in [3.05, 3.63) is 35.6 Å². The summed E-state index contributed by atoms with van der Waals surface area (Å²) in [7, 11) is 0. The van der Waals surface area contributed by atoms with Crippen LogP contribution in [-0.2, 0) is 30.6 Å². The van der Waals surface area contributed by atoms with E-state index in [1.54, 1.807) is 12.1 Å². The highest BCUT2D eigenvalue weighted by Crippen LogP contribution is 2.60. The van der Waals surface area contributed by atoms with Crippen LogP contribution in [0.3, 0.4) is 0 Å². The first-order valence-corrected chi connectivity index (χ1v) is 11.4. The van der Waals surface area contributed by atoms with Crippen LogP contribution in [0.2, 0.25) is 0 Å². The van der Waals surface area contributed by atoms with E-state index in [1.807, 2.05) is 13.0 Å². The van der Waals surface area contributed by atoms with Gasteiger partial charge in [0.2, 0.25) is 5.79 Å². The Morgan fingerprint density at radius 1 is 1.10 bits per heavy atom. The molecule has 0 radical (unpaired) electrons. The molecule has 1 spiro atoms. The zero-order chi connectivity index (χ0) is 20.9. The SMILES string of the molecule is C[C@H]1[C@@H](CCOCc2ccccc2F)O[C@@H]2O[C@]3(C)CC[C@H]4[C@H](C)CC[C@@H]1[C@@]24OO3. The van der Waals surface area contributed by atoms with Gasteiger partial charge in [0.05, 0.1) is 12.7 Å². The van der Waals surface area contributed by atoms with Crippen molar-refractivity contribution >= 4 is 0 Å². The van der Waals surface area contributed by atoms with Crippen LogP contribution in [0.5, 0.6) is 0 Å². The minimum absolute atomic E-state index is 0.0202. The molecule has 1 aliphatic carbocycles. The van der Waals surface area contributed by atoms with Gasteiger partial charge in [0.15, 0.2) is 11.9 Å². The van der Waals surface area contributed by atoms with Gasteiger partial charge in [0.1, 0.15) is 5.82 Å². The summed E-state index contributed by atoms with van der Waals surface area (Å²) in [5.74, 6) is 0.611. The molecule has 4 heterocycles. The third kappa shape index (κ3) is 3.32. The molecule has 0 amide bonds. The van der Waals surface area contributed by atoms with E-state index in [9.17, 15) is 4.39 Å². The topological polar surface area (TPSA) is 46.2 Å². The Hall–Kier alpha value is -1.05. The number of benzene rings is 1. The highest BCUT2D eigenvalue weighted by Gasteiger charge is 2.69. The molecule has 5 fully saturated rings. The van der Waals surface area contributed by atoms with Crippen molar-refractivity contribution in [2.24, 2.45) is 23.7 Å². The molecule has 1 saturated carbocycles. The first kappa shape index (κ1) is 20.8. The lowest BCUT2D eigenvalue weighted by Crippen LogP contribution is -2.70. The number of fused-ring (bicyclic) bond motifs is 2. The maximum Gasteiger partial charge on any atom is 0.201 e. The average molecular weight is 421 g/mol. The fourth-order valence-electron chi connectivity index (χ4n) is 6.31. The highest BCUT2D eigenvalue weighted by molar-refractivity contribution is 5.16. The molecule has 1 aromatic carbocycles. The first-order valence-electron chi connectivity index (χ1n) is 11.4. The van der Waals surface area contributed by atoms with Crippen LogP contribution in [-0.4, -0.2) is 30.4 Å². The van der Waals surface area contributed by atoms with Gasteiger partial charge < -0.3 is 14.2 Å². The van der Waals surface area contributed by atoms with Crippen molar-refractivity contribution < 1.29 is 28.4 Å². The summed E-state index contributed by atoms with van der Waals surface area (Å²) < 4.78 is 32.5. The number of halogens is 1. The molecule has 5 aliphatic rings. The predicted octanol–water partition coefficient (Wildman–Crippen LogP) is 4.98. The maximum atomic E-state index is 13.8. The van der Waals surface area contributed by atoms with E-state index in [0.717, 1.165) is 25.7 Å². The Morgan fingerprint density at radius 3 is 2.77 bits per heavy atom. The zero-order valence-electron chi connectivity index (χ0n) is 18.1. The quantitative estimate of drug-likeness (QED) is 0.496. The lowest BCUT2D eigenvalue weighted by Gasteiger charge is -2.60. The second-order valence-electron chi connectivity index (χ2n) is 9.88. The van der Waals surface area contributed by atoms with Crippen LogP contribution >= 0.6 is 0 Å². The van der Waals surface area contributed by atoms with E-state index in [4.69, 9.17) is 24.0 Å². The van der Waals surface area contributed by atoms with Crippen molar-refractivity contribution in [2.45, 2.75) is 83.3 Å². The van der Waals surface area contributed by atoms with Crippen molar-refractivity contribution in [3.63, 3.8) is 0 Å². The van der Waals surface area contributed by atoms with E-state index < -0.39 is 17.7 Å². The first-order chi connectivity index (χ1) is 14.4. The summed E-state index contributed by atoms with van der Waals surface area (Å²) in [4.78, 5) is 12.0. The van der Waals surface area contributed by atoms with Crippen LogP contribution in [0.1, 0.15) is 58.4 Å². The zero-order valence-corrected chi connectivity index (χ0v) is 18.1. The van der Waals surface area contributed by atoms with E-state index >= 15 is 0 Å². The lowest BCUT2D eigenvalue weighted by atomic mass is 9.57. The number of hydrogen-bond acceptors (Lipinski definition) is 5. The molecule has 4 saturated heterocycles. The monoisotopic (exact) mass is 420 g/mol. The van der Waals surface area contributed by atoms with Crippen molar-refractivity contribution in [2.75, 3.05) is 6.61 Å². The highest BCUT2D eigenvalue weighted by atomic mass is 19.1. The predicted molar refractivity (Wildman–Crippen MR) is 108 cm³/mol. The standard InChI is InChI=1S/C24H33FO5/c1-15-8-9-19-16(2)21(11-13-26-14-17-6-4-5-7-20(17)25)27-22-24(19)18(15)10-12-23(3,28-22)29-30-24/h4-7,15-16,18-19,21-22H,8-14H2,1-3H3/t15-,16-,18+,19+,21-,22-,23+,24-/m1/s1. The summed E-state index contributed by atoms with van der Waals surface area (Å²) >= 11 is 0. The fourth-order valence-corrected chi connectivity index (χ4v) is 6.31. The minimum Gasteiger partial charge on any atom is -0.377 e. The van der Waals surface area contributed by atoms with Gasteiger partial charge in [0, 0.05) is 24.5 Å². The Bertz CT molecular complexity index is 774. The van der Waals surface area contributed by atoms with Crippen LogP contribution in [0.25, 0.3) is 0 Å². The van der Waals surface area contributed by atoms with Gasteiger partial charge in [-0.3, -0.25) is 0 Å². The summed E-state index contributed by atoms with van der Waals surface area (Å²) in [5.41, 5.74) is 0.0681. The van der Waals surface area contributed by atoms with E-state index in [-0.39, 0.29) is 18.5 Å². The summed E-state index contributed by atoms with van der Waals surface area (Å²) in [5, 5.41) is 0. The number of rotatable bonds is 5. The maximum absolute atomic E-state index is 13.8. The average Bonchev–Trinajstić information content (AvgIpc) is 2.96. The van der Waals surface area contributed by atoms with Gasteiger partial charge in [-0.2, -0.15) is 0 Å². The molecule has 30 heavy (non-hydrogen) atoms. The molecule has 1 aromatic rings. The fraction of sp³-hybridized carbons (Fsp3) is 0.750. The molecule has 5 nitrogen and oxygen atoms in total. The van der Waals surface area contributed by atoms with Crippen molar-refractivity contribution in [3.8, 4) is 0 Å². The van der Waals surface area contributed by atoms with Crippen molar-refractivity contribution in [1.29, 1.82) is 0 Å². The minimum atomic E-state index is -0.746. The smallest absolute Gasteiger partial charge is 0.201 e. The molecular weight excluding hydrogens is 387 g/mol. The molecular formula is C24H33FO5. The molecule has 0 N–H and O–H groups in total. The normalized spacial score (nSPS) is 45.1. The second-order valence-corrected chi connectivity index (χ2v) is 9.88. The van der Waals surface area contributed by atoms with Gasteiger partial charge in [0.25, 0.3) is 0 Å². The van der Waals surface area contributed by atoms with Crippen LogP contribution in [0.4, 0.5) is 4.39 Å². The summed E-state index contributed by atoms with van der Waals surface area (Å²) in [6.45, 7) is 7.32. The van der Waals surface area contributed by atoms with E-state index in [1.165, 1.54) is 12.5 Å². The third-order valence-electron chi connectivity index (χ3n) is 8.06. The molecule has 6 rings (SSSR count). The van der Waals surface area contributed by atoms with Gasteiger partial charge in [-0.15, -0.1) is 0 Å². The van der Waals surface area contributed by atoms with Gasteiger partial charge in [-0.25, -0.2) is 14.2 Å². The lowest BCUT2D eigenvalue weighted by molar-refractivity contribution is -0.571. The Kier molecular flexibility index (Phi) is 5.43. The third-order valence-corrected chi connectivity index (χ3v) is 8.06. The summed E-state index contributed by atoms with van der Waals surface area (Å²) in [6.07, 6.45) is 4.51. The van der Waals surface area contributed by atoms with E-state index in [0.29, 0.717) is 35.8 Å². The summed E-state index contributed by atoms with van der Waals surface area (Å²) in [6, 6.07) is 6.74. The Morgan fingerprint density at radius 2 is 1.93 bits per heavy atom. The second kappa shape index (κ2) is 7.82. The number of ether oxygens (including phenoxy) is 3. The number of hydrogen-bond donors (Lipinski definition) is 0. The molecule has 0 aromatic heterocycles. The van der Waals surface area contributed by atoms with Gasteiger partial charge >= 0.3 is 0 Å². The molecule has 8 atom stereocenters. The molecule has 166 valence electrons. The van der Waals surface area contributed by atoms with Crippen LogP contribution in [0.15, 0.2) is 24.3 Å². The largest absolute Gasteiger partial charge is 0.377 e. The Labute approximate surface area is 178 Å². The van der Waals surface area contributed by atoms with Crippen LogP contribution < -0.4 is 0 Å². The molecule has 4 aliphatic heterocycles. The van der Waals surface area contributed by atoms with Gasteiger partial charge in [-0.05, 0) is 56.4 Å². The molecule has 6 heteroatoms. The van der Waals surface area contributed by atoms with Gasteiger partial charge in [-0.1, -0.05) is 32.0 Å². The van der Waals surface area contributed by atoms with Crippen LogP contribution in [0, 0.1) is 29.5 Å². The molecule has 2 bridgehead atoms. The molecule has 0 unspecified atom stereocenters.